The number of fused-ring (bicyclic) bond motifs is 1. The summed E-state index contributed by atoms with van der Waals surface area (Å²) in [4.78, 5) is 0.293. The number of aryl methyl sites for hydroxylation is 2. The van der Waals surface area contributed by atoms with Gasteiger partial charge < -0.3 is 4.74 Å². The second-order valence-electron chi connectivity index (χ2n) is 5.59. The zero-order chi connectivity index (χ0) is 17.3. The summed E-state index contributed by atoms with van der Waals surface area (Å²) in [5.41, 5.74) is 2.71. The van der Waals surface area contributed by atoms with Crippen LogP contribution in [0.25, 0.3) is 10.9 Å². The van der Waals surface area contributed by atoms with Gasteiger partial charge in [-0.1, -0.05) is 40.3 Å². The molecule has 3 aromatic rings. The fraction of sp³-hybridized carbons (Fsp3) is 0.222. The first-order valence-electron chi connectivity index (χ1n) is 7.53. The molecule has 0 aliphatic rings. The maximum absolute atomic E-state index is 13.1. The van der Waals surface area contributed by atoms with Crippen molar-refractivity contribution in [2.24, 2.45) is 0 Å². The number of aromatic nitrogens is 1. The standard InChI is InChI=1S/C18H18INO3S/c1-13-3-6-16(7-4-13)24(21,22)20-12-14(9-10-19)17-11-15(23-2)5-8-18(17)20/h3-8,11-12H,9-10H2,1-2H3. The Morgan fingerprint density at radius 3 is 2.46 bits per heavy atom. The molecule has 4 nitrogen and oxygen atoms in total. The first-order valence-corrected chi connectivity index (χ1v) is 10.5. The van der Waals surface area contributed by atoms with Crippen molar-refractivity contribution < 1.29 is 13.2 Å². The van der Waals surface area contributed by atoms with Gasteiger partial charge >= 0.3 is 0 Å². The van der Waals surface area contributed by atoms with Crippen LogP contribution >= 0.6 is 22.6 Å². The molecule has 0 saturated heterocycles. The quantitative estimate of drug-likeness (QED) is 0.429. The van der Waals surface area contributed by atoms with Gasteiger partial charge in [-0.2, -0.15) is 0 Å². The number of nitrogens with zero attached hydrogens (tertiary/aromatic N) is 1. The van der Waals surface area contributed by atoms with Gasteiger partial charge in [0.2, 0.25) is 0 Å². The van der Waals surface area contributed by atoms with E-state index in [1.807, 2.05) is 25.1 Å². The molecule has 0 N–H and O–H groups in total. The van der Waals surface area contributed by atoms with E-state index in [0.29, 0.717) is 10.4 Å². The highest BCUT2D eigenvalue weighted by Crippen LogP contribution is 2.30. The van der Waals surface area contributed by atoms with E-state index in [1.165, 1.54) is 3.97 Å². The zero-order valence-corrected chi connectivity index (χ0v) is 16.5. The molecule has 0 spiro atoms. The summed E-state index contributed by atoms with van der Waals surface area (Å²) in [5.74, 6) is 0.725. The summed E-state index contributed by atoms with van der Waals surface area (Å²) in [5, 5.41) is 0.918. The maximum Gasteiger partial charge on any atom is 0.268 e. The average molecular weight is 455 g/mol. The number of hydrogen-bond acceptors (Lipinski definition) is 3. The van der Waals surface area contributed by atoms with Gasteiger partial charge in [-0.05, 0) is 49.2 Å². The second-order valence-corrected chi connectivity index (χ2v) is 8.48. The van der Waals surface area contributed by atoms with Gasteiger partial charge in [-0.3, -0.25) is 0 Å². The molecule has 1 heterocycles. The normalized spacial score (nSPS) is 11.8. The molecule has 0 bridgehead atoms. The number of methoxy groups -OCH3 is 1. The Hall–Kier alpha value is -1.54. The van der Waals surface area contributed by atoms with Crippen LogP contribution in [0.4, 0.5) is 0 Å². The molecule has 6 heteroatoms. The summed E-state index contributed by atoms with van der Waals surface area (Å²) in [6.07, 6.45) is 2.54. The van der Waals surface area contributed by atoms with Crippen molar-refractivity contribution in [2.75, 3.05) is 11.5 Å². The summed E-state index contributed by atoms with van der Waals surface area (Å²) < 4.78 is 33.7. The van der Waals surface area contributed by atoms with Crippen LogP contribution in [0.2, 0.25) is 0 Å². The number of rotatable bonds is 5. The predicted molar refractivity (Wildman–Crippen MR) is 105 cm³/mol. The highest BCUT2D eigenvalue weighted by Gasteiger charge is 2.21. The van der Waals surface area contributed by atoms with Gasteiger partial charge in [0.1, 0.15) is 5.75 Å². The third-order valence-corrected chi connectivity index (χ3v) is 6.23. The predicted octanol–water partition coefficient (Wildman–Crippen LogP) is 4.17. The van der Waals surface area contributed by atoms with Gasteiger partial charge in [0.25, 0.3) is 10.0 Å². The van der Waals surface area contributed by atoms with Crippen LogP contribution in [0.15, 0.2) is 53.6 Å². The number of ether oxygens (including phenoxy) is 1. The van der Waals surface area contributed by atoms with Crippen LogP contribution < -0.4 is 4.74 Å². The van der Waals surface area contributed by atoms with Crippen molar-refractivity contribution in [3.8, 4) is 5.75 Å². The van der Waals surface area contributed by atoms with Crippen LogP contribution in [-0.4, -0.2) is 23.9 Å². The van der Waals surface area contributed by atoms with E-state index in [9.17, 15) is 8.42 Å². The Labute approximate surface area is 155 Å². The lowest BCUT2D eigenvalue weighted by Gasteiger charge is -2.08. The smallest absolute Gasteiger partial charge is 0.268 e. The summed E-state index contributed by atoms with van der Waals surface area (Å²) in [7, 11) is -2.02. The fourth-order valence-corrected chi connectivity index (χ4v) is 4.67. The van der Waals surface area contributed by atoms with E-state index in [2.05, 4.69) is 22.6 Å². The molecule has 126 valence electrons. The third kappa shape index (κ3) is 3.04. The van der Waals surface area contributed by atoms with Crippen LogP contribution in [0.1, 0.15) is 11.1 Å². The van der Waals surface area contributed by atoms with Gasteiger partial charge in [-0.15, -0.1) is 0 Å². The Bertz CT molecular complexity index is 975. The van der Waals surface area contributed by atoms with Crippen LogP contribution in [-0.2, 0) is 16.4 Å². The maximum atomic E-state index is 13.1. The van der Waals surface area contributed by atoms with E-state index in [1.54, 1.807) is 37.6 Å². The SMILES string of the molecule is COc1ccc2c(c1)c(CCI)cn2S(=O)(=O)c1ccc(C)cc1. The van der Waals surface area contributed by atoms with Crippen LogP contribution in [0.3, 0.4) is 0 Å². The van der Waals surface area contributed by atoms with Crippen LogP contribution in [0.5, 0.6) is 5.75 Å². The van der Waals surface area contributed by atoms with Crippen molar-refractivity contribution in [1.29, 1.82) is 0 Å². The highest BCUT2D eigenvalue weighted by molar-refractivity contribution is 14.1. The minimum absolute atomic E-state index is 0.293. The molecule has 3 rings (SSSR count). The van der Waals surface area contributed by atoms with E-state index >= 15 is 0 Å². The summed E-state index contributed by atoms with van der Waals surface area (Å²) >= 11 is 2.30. The van der Waals surface area contributed by atoms with Crippen molar-refractivity contribution in [1.82, 2.24) is 3.97 Å². The molecule has 1 aromatic heterocycles. The number of benzene rings is 2. The molecule has 0 atom stereocenters. The largest absolute Gasteiger partial charge is 0.497 e. The minimum Gasteiger partial charge on any atom is -0.497 e. The lowest BCUT2D eigenvalue weighted by molar-refractivity contribution is 0.415. The number of hydrogen-bond donors (Lipinski definition) is 0. The molecule has 0 aliphatic carbocycles. The molecule has 0 amide bonds. The summed E-state index contributed by atoms with van der Waals surface area (Å²) in [6, 6.07) is 12.4. The first kappa shape index (κ1) is 17.3. The third-order valence-electron chi connectivity index (χ3n) is 4.00. The zero-order valence-electron chi connectivity index (χ0n) is 13.5. The van der Waals surface area contributed by atoms with Crippen molar-refractivity contribution in [2.45, 2.75) is 18.2 Å². The molecule has 0 saturated carbocycles. The van der Waals surface area contributed by atoms with Gasteiger partial charge in [0.05, 0.1) is 17.5 Å². The molecule has 24 heavy (non-hydrogen) atoms. The molecule has 0 radical (unpaired) electrons. The van der Waals surface area contributed by atoms with Gasteiger partial charge in [-0.25, -0.2) is 12.4 Å². The molecule has 0 unspecified atom stereocenters. The fourth-order valence-electron chi connectivity index (χ4n) is 2.70. The van der Waals surface area contributed by atoms with Crippen molar-refractivity contribution >= 4 is 43.5 Å². The molecular weight excluding hydrogens is 437 g/mol. The van der Waals surface area contributed by atoms with E-state index in [0.717, 1.165) is 33.1 Å². The number of halogens is 1. The topological polar surface area (TPSA) is 48.3 Å². The Kier molecular flexibility index (Phi) is 4.87. The van der Waals surface area contributed by atoms with Crippen molar-refractivity contribution in [3.05, 3.63) is 59.8 Å². The van der Waals surface area contributed by atoms with Gasteiger partial charge in [0, 0.05) is 16.0 Å². The molecule has 0 fully saturated rings. The highest BCUT2D eigenvalue weighted by atomic mass is 127. The second kappa shape index (κ2) is 6.76. The lowest BCUT2D eigenvalue weighted by Crippen LogP contribution is -2.11. The van der Waals surface area contributed by atoms with Crippen LogP contribution in [0, 0.1) is 6.92 Å². The van der Waals surface area contributed by atoms with Gasteiger partial charge in [0.15, 0.2) is 0 Å². The van der Waals surface area contributed by atoms with E-state index in [4.69, 9.17) is 4.74 Å². The average Bonchev–Trinajstić information content (AvgIpc) is 2.94. The monoisotopic (exact) mass is 455 g/mol. The van der Waals surface area contributed by atoms with E-state index < -0.39 is 10.0 Å². The first-order chi connectivity index (χ1) is 11.5. The lowest BCUT2D eigenvalue weighted by atomic mass is 10.1. The Morgan fingerprint density at radius 2 is 1.83 bits per heavy atom. The Morgan fingerprint density at radius 1 is 1.12 bits per heavy atom. The van der Waals surface area contributed by atoms with Crippen molar-refractivity contribution in [3.63, 3.8) is 0 Å². The molecule has 2 aromatic carbocycles. The summed E-state index contributed by atoms with van der Waals surface area (Å²) in [6.45, 7) is 1.94. The Balaban J connectivity index is 2.23. The molecule has 0 aliphatic heterocycles. The number of alkyl halides is 1. The molecular formula is C18H18INO3S. The minimum atomic E-state index is -3.63. The van der Waals surface area contributed by atoms with E-state index in [-0.39, 0.29) is 0 Å².